The lowest BCUT2D eigenvalue weighted by molar-refractivity contribution is 0.684. The average molecular weight is 381 g/mol. The molecule has 0 aliphatic rings. The van der Waals surface area contributed by atoms with Crippen molar-refractivity contribution >= 4 is 21.7 Å². The minimum atomic E-state index is 0.422. The number of nitrogen functional groups attached to an aromatic ring is 1. The van der Waals surface area contributed by atoms with E-state index in [0.717, 1.165) is 15.6 Å². The number of nitrogens with two attached hydrogens (primary N) is 1. The van der Waals surface area contributed by atoms with Gasteiger partial charge in [0.25, 0.3) is 0 Å². The van der Waals surface area contributed by atoms with Crippen LogP contribution in [-0.2, 0) is 13.0 Å². The average Bonchev–Trinajstić information content (AvgIpc) is 2.84. The molecule has 0 amide bonds. The van der Waals surface area contributed by atoms with E-state index >= 15 is 0 Å². The molecule has 0 aliphatic heterocycles. The third-order valence-corrected chi connectivity index (χ3v) is 4.40. The highest BCUT2D eigenvalue weighted by Crippen LogP contribution is 2.21. The highest BCUT2D eigenvalue weighted by molar-refractivity contribution is 9.10. The molecule has 24 heavy (non-hydrogen) atoms. The van der Waals surface area contributed by atoms with E-state index in [2.05, 4.69) is 46.2 Å². The van der Waals surface area contributed by atoms with E-state index in [4.69, 9.17) is 5.73 Å². The van der Waals surface area contributed by atoms with E-state index in [0.29, 0.717) is 30.0 Å². The zero-order chi connectivity index (χ0) is 17.1. The largest absolute Gasteiger partial charge is 0.383 e. The van der Waals surface area contributed by atoms with Crippen LogP contribution in [0.3, 0.4) is 0 Å². The van der Waals surface area contributed by atoms with Crippen LogP contribution in [0.5, 0.6) is 0 Å². The Labute approximate surface area is 149 Å². The predicted molar refractivity (Wildman–Crippen MR) is 98.6 cm³/mol. The Kier molecular flexibility index (Phi) is 4.68. The molecule has 120 valence electrons. The Morgan fingerprint density at radius 1 is 1.17 bits per heavy atom. The molecule has 1 heterocycles. The fourth-order valence-corrected chi connectivity index (χ4v) is 2.94. The van der Waals surface area contributed by atoms with Crippen LogP contribution in [0.1, 0.15) is 27.9 Å². The van der Waals surface area contributed by atoms with Gasteiger partial charge in [-0.1, -0.05) is 57.9 Å². The monoisotopic (exact) mass is 380 g/mol. The highest BCUT2D eigenvalue weighted by atomic mass is 79.9. The number of aryl methyl sites for hydroxylation is 1. The van der Waals surface area contributed by atoms with Gasteiger partial charge in [-0.3, -0.25) is 0 Å². The Morgan fingerprint density at radius 2 is 1.92 bits per heavy atom. The van der Waals surface area contributed by atoms with Gasteiger partial charge in [-0.2, -0.15) is 10.4 Å². The van der Waals surface area contributed by atoms with E-state index in [-0.39, 0.29) is 0 Å². The van der Waals surface area contributed by atoms with Crippen molar-refractivity contribution in [2.24, 2.45) is 0 Å². The summed E-state index contributed by atoms with van der Waals surface area (Å²) in [6, 6.07) is 18.4. The molecule has 2 aromatic carbocycles. The van der Waals surface area contributed by atoms with Crippen molar-refractivity contribution < 1.29 is 0 Å². The molecule has 4 nitrogen and oxygen atoms in total. The second-order valence-corrected chi connectivity index (χ2v) is 6.68. The first-order chi connectivity index (χ1) is 11.6. The zero-order valence-corrected chi connectivity index (χ0v) is 14.9. The molecule has 0 saturated heterocycles. The summed E-state index contributed by atoms with van der Waals surface area (Å²) in [5.74, 6) is 0.422. The molecule has 1 aromatic heterocycles. The van der Waals surface area contributed by atoms with Crippen molar-refractivity contribution in [2.45, 2.75) is 19.9 Å². The van der Waals surface area contributed by atoms with Crippen LogP contribution in [0.15, 0.2) is 53.0 Å². The molecule has 3 rings (SSSR count). The number of rotatable bonds is 4. The smallest absolute Gasteiger partial charge is 0.140 e. The summed E-state index contributed by atoms with van der Waals surface area (Å²) in [6.07, 6.45) is 0.585. The van der Waals surface area contributed by atoms with Gasteiger partial charge in [-0.15, -0.1) is 0 Å². The first kappa shape index (κ1) is 16.3. The first-order valence-electron chi connectivity index (χ1n) is 7.62. The van der Waals surface area contributed by atoms with Crippen molar-refractivity contribution in [3.05, 3.63) is 81.0 Å². The third-order valence-electron chi connectivity index (χ3n) is 3.88. The van der Waals surface area contributed by atoms with Gasteiger partial charge in [-0.25, -0.2) is 4.68 Å². The quantitative estimate of drug-likeness (QED) is 0.742. The number of halogens is 1. The number of anilines is 1. The molecule has 0 spiro atoms. The summed E-state index contributed by atoms with van der Waals surface area (Å²) >= 11 is 3.43. The van der Waals surface area contributed by atoms with Crippen LogP contribution in [0.2, 0.25) is 0 Å². The van der Waals surface area contributed by atoms with Gasteiger partial charge in [0, 0.05) is 10.9 Å². The molecule has 0 saturated carbocycles. The van der Waals surface area contributed by atoms with Crippen molar-refractivity contribution in [1.29, 1.82) is 5.26 Å². The van der Waals surface area contributed by atoms with E-state index in [1.807, 2.05) is 36.4 Å². The minimum absolute atomic E-state index is 0.422. The SMILES string of the molecule is Cc1cccc(Cn2nc(Cc3ccc(Br)cc3)c(C#N)c2N)c1. The second kappa shape index (κ2) is 6.90. The van der Waals surface area contributed by atoms with E-state index in [1.165, 1.54) is 5.56 Å². The summed E-state index contributed by atoms with van der Waals surface area (Å²) < 4.78 is 2.73. The van der Waals surface area contributed by atoms with Gasteiger partial charge in [0.2, 0.25) is 0 Å². The number of aromatic nitrogens is 2. The first-order valence-corrected chi connectivity index (χ1v) is 8.41. The molecule has 0 fully saturated rings. The molecule has 0 aliphatic carbocycles. The summed E-state index contributed by atoms with van der Waals surface area (Å²) in [5, 5.41) is 14.0. The van der Waals surface area contributed by atoms with Gasteiger partial charge in [0.1, 0.15) is 17.5 Å². The Balaban J connectivity index is 1.91. The molecule has 0 bridgehead atoms. The molecule has 3 aromatic rings. The number of hydrogen-bond donors (Lipinski definition) is 1. The molecule has 2 N–H and O–H groups in total. The Bertz CT molecular complexity index is 904. The maximum absolute atomic E-state index is 9.45. The van der Waals surface area contributed by atoms with Crippen LogP contribution in [0.25, 0.3) is 0 Å². The lowest BCUT2D eigenvalue weighted by atomic mass is 10.1. The molecular weight excluding hydrogens is 364 g/mol. The normalized spacial score (nSPS) is 10.5. The standard InChI is InChI=1S/C19H17BrN4/c1-13-3-2-4-15(9-13)12-24-19(22)17(11-21)18(23-24)10-14-5-7-16(20)8-6-14/h2-9H,10,12,22H2,1H3. The number of nitrogens with zero attached hydrogens (tertiary/aromatic N) is 3. The fraction of sp³-hybridized carbons (Fsp3) is 0.158. The number of nitriles is 1. The van der Waals surface area contributed by atoms with Crippen LogP contribution in [-0.4, -0.2) is 9.78 Å². The number of hydrogen-bond acceptors (Lipinski definition) is 3. The Morgan fingerprint density at radius 3 is 2.58 bits per heavy atom. The summed E-state index contributed by atoms with van der Waals surface area (Å²) in [4.78, 5) is 0. The third kappa shape index (κ3) is 3.50. The van der Waals surface area contributed by atoms with Crippen molar-refractivity contribution in [3.63, 3.8) is 0 Å². The van der Waals surface area contributed by atoms with Gasteiger partial charge < -0.3 is 5.73 Å². The lowest BCUT2D eigenvalue weighted by Crippen LogP contribution is -2.06. The maximum Gasteiger partial charge on any atom is 0.140 e. The van der Waals surface area contributed by atoms with E-state index in [9.17, 15) is 5.26 Å². The van der Waals surface area contributed by atoms with Crippen molar-refractivity contribution in [1.82, 2.24) is 9.78 Å². The summed E-state index contributed by atoms with van der Waals surface area (Å²) in [5.41, 5.74) is 10.7. The molecular formula is C19H17BrN4. The topological polar surface area (TPSA) is 67.6 Å². The van der Waals surface area contributed by atoms with Crippen LogP contribution < -0.4 is 5.73 Å². The predicted octanol–water partition coefficient (Wildman–Crippen LogP) is 4.05. The van der Waals surface area contributed by atoms with Crippen molar-refractivity contribution in [3.8, 4) is 6.07 Å². The molecule has 0 atom stereocenters. The summed E-state index contributed by atoms with van der Waals surface area (Å²) in [7, 11) is 0. The van der Waals surface area contributed by atoms with E-state index in [1.54, 1.807) is 4.68 Å². The second-order valence-electron chi connectivity index (χ2n) is 5.77. The maximum atomic E-state index is 9.45. The molecule has 5 heteroatoms. The van der Waals surface area contributed by atoms with Crippen LogP contribution in [0, 0.1) is 18.3 Å². The van der Waals surface area contributed by atoms with Crippen LogP contribution in [0.4, 0.5) is 5.82 Å². The van der Waals surface area contributed by atoms with Crippen LogP contribution >= 0.6 is 15.9 Å². The van der Waals surface area contributed by atoms with Gasteiger partial charge >= 0.3 is 0 Å². The fourth-order valence-electron chi connectivity index (χ4n) is 2.67. The molecule has 0 radical (unpaired) electrons. The number of benzene rings is 2. The van der Waals surface area contributed by atoms with Gasteiger partial charge in [0.05, 0.1) is 12.2 Å². The zero-order valence-electron chi connectivity index (χ0n) is 13.3. The molecule has 0 unspecified atom stereocenters. The van der Waals surface area contributed by atoms with E-state index < -0.39 is 0 Å². The summed E-state index contributed by atoms with van der Waals surface area (Å²) in [6.45, 7) is 2.61. The minimum Gasteiger partial charge on any atom is -0.383 e. The Hall–Kier alpha value is -2.58. The van der Waals surface area contributed by atoms with Gasteiger partial charge in [0.15, 0.2) is 0 Å². The van der Waals surface area contributed by atoms with Gasteiger partial charge in [-0.05, 0) is 30.2 Å². The van der Waals surface area contributed by atoms with Crippen molar-refractivity contribution in [2.75, 3.05) is 5.73 Å². The lowest BCUT2D eigenvalue weighted by Gasteiger charge is -2.05. The highest BCUT2D eigenvalue weighted by Gasteiger charge is 2.16.